The molecule has 3 rings (SSSR count). The topological polar surface area (TPSA) is 35.2 Å². The van der Waals surface area contributed by atoms with Crippen LogP contribution in [0.3, 0.4) is 0 Å². The van der Waals surface area contributed by atoms with Crippen molar-refractivity contribution in [2.45, 2.75) is 32.8 Å². The quantitative estimate of drug-likeness (QED) is 0.781. The van der Waals surface area contributed by atoms with E-state index in [1.165, 1.54) is 16.7 Å². The van der Waals surface area contributed by atoms with Gasteiger partial charge in [-0.15, -0.1) is 0 Å². The zero-order valence-corrected chi connectivity index (χ0v) is 11.7. The summed E-state index contributed by atoms with van der Waals surface area (Å²) in [5, 5.41) is 0. The lowest BCUT2D eigenvalue weighted by Crippen LogP contribution is -2.24. The van der Waals surface area contributed by atoms with Crippen molar-refractivity contribution in [3.05, 3.63) is 47.5 Å². The van der Waals surface area contributed by atoms with Gasteiger partial charge in [-0.25, -0.2) is 0 Å². The summed E-state index contributed by atoms with van der Waals surface area (Å²) in [5.41, 5.74) is 11.6. The minimum Gasteiger partial charge on any atom is -0.487 e. The Kier molecular flexibility index (Phi) is 2.56. The second kappa shape index (κ2) is 4.02. The number of ether oxygens (including phenoxy) is 1. The summed E-state index contributed by atoms with van der Waals surface area (Å²) in [6.45, 7) is 6.31. The summed E-state index contributed by atoms with van der Waals surface area (Å²) in [6, 6.07) is 12.5. The molecule has 0 saturated carbocycles. The Bertz CT molecular complexity index is 644. The zero-order valence-electron chi connectivity index (χ0n) is 11.7. The molecule has 1 aliphatic rings. The average Bonchev–Trinajstić information content (AvgIpc) is 2.65. The fourth-order valence-corrected chi connectivity index (χ4v) is 2.74. The Morgan fingerprint density at radius 3 is 2.74 bits per heavy atom. The van der Waals surface area contributed by atoms with Crippen molar-refractivity contribution in [3.8, 4) is 16.9 Å². The van der Waals surface area contributed by atoms with Gasteiger partial charge in [0.1, 0.15) is 11.4 Å². The van der Waals surface area contributed by atoms with Gasteiger partial charge in [0.2, 0.25) is 0 Å². The molecule has 0 aromatic heterocycles. The molecule has 0 unspecified atom stereocenters. The first-order valence-electron chi connectivity index (χ1n) is 6.64. The second-order valence-corrected chi connectivity index (χ2v) is 5.88. The molecule has 0 radical (unpaired) electrons. The van der Waals surface area contributed by atoms with Crippen LogP contribution in [0.25, 0.3) is 11.1 Å². The number of anilines is 1. The second-order valence-electron chi connectivity index (χ2n) is 5.88. The lowest BCUT2D eigenvalue weighted by Gasteiger charge is -2.16. The van der Waals surface area contributed by atoms with Crippen LogP contribution in [0, 0.1) is 6.92 Å². The third kappa shape index (κ3) is 2.07. The van der Waals surface area contributed by atoms with Gasteiger partial charge in [-0.3, -0.25) is 0 Å². The monoisotopic (exact) mass is 253 g/mol. The molecule has 2 nitrogen and oxygen atoms in total. The van der Waals surface area contributed by atoms with Crippen LogP contribution in [0.5, 0.6) is 5.75 Å². The van der Waals surface area contributed by atoms with Crippen LogP contribution in [0.2, 0.25) is 0 Å². The van der Waals surface area contributed by atoms with Crippen molar-refractivity contribution < 1.29 is 4.74 Å². The summed E-state index contributed by atoms with van der Waals surface area (Å²) in [7, 11) is 0. The molecule has 0 atom stereocenters. The molecule has 98 valence electrons. The minimum atomic E-state index is -0.0916. The lowest BCUT2D eigenvalue weighted by atomic mass is 9.95. The van der Waals surface area contributed by atoms with Gasteiger partial charge in [-0.1, -0.05) is 18.2 Å². The summed E-state index contributed by atoms with van der Waals surface area (Å²) < 4.78 is 5.91. The summed E-state index contributed by atoms with van der Waals surface area (Å²) in [6.07, 6.45) is 0.956. The Hall–Kier alpha value is -1.96. The Morgan fingerprint density at radius 1 is 1.16 bits per heavy atom. The fraction of sp³-hybridized carbons (Fsp3) is 0.294. The zero-order chi connectivity index (χ0) is 13.6. The van der Waals surface area contributed by atoms with Gasteiger partial charge in [0.15, 0.2) is 0 Å². The van der Waals surface area contributed by atoms with E-state index >= 15 is 0 Å². The number of nitrogens with two attached hydrogens (primary N) is 1. The van der Waals surface area contributed by atoms with E-state index in [1.807, 2.05) is 12.1 Å². The lowest BCUT2D eigenvalue weighted by molar-refractivity contribution is 0.138. The maximum absolute atomic E-state index is 5.99. The fourth-order valence-electron chi connectivity index (χ4n) is 2.74. The van der Waals surface area contributed by atoms with Crippen molar-refractivity contribution in [2.75, 3.05) is 5.73 Å². The van der Waals surface area contributed by atoms with Crippen LogP contribution in [-0.4, -0.2) is 5.60 Å². The minimum absolute atomic E-state index is 0.0916. The molecule has 0 saturated heterocycles. The Morgan fingerprint density at radius 2 is 1.95 bits per heavy atom. The Labute approximate surface area is 114 Å². The van der Waals surface area contributed by atoms with Crippen LogP contribution >= 0.6 is 0 Å². The number of rotatable bonds is 1. The highest BCUT2D eigenvalue weighted by atomic mass is 16.5. The van der Waals surface area contributed by atoms with Crippen LogP contribution < -0.4 is 10.5 Å². The van der Waals surface area contributed by atoms with E-state index in [0.29, 0.717) is 0 Å². The van der Waals surface area contributed by atoms with E-state index in [2.05, 4.69) is 45.0 Å². The number of fused-ring (bicyclic) bond motifs is 1. The first-order chi connectivity index (χ1) is 8.96. The Balaban J connectivity index is 2.07. The average molecular weight is 253 g/mol. The maximum Gasteiger partial charge on any atom is 0.123 e. The summed E-state index contributed by atoms with van der Waals surface area (Å²) >= 11 is 0. The van der Waals surface area contributed by atoms with E-state index in [4.69, 9.17) is 10.5 Å². The molecule has 0 amide bonds. The van der Waals surface area contributed by atoms with E-state index in [9.17, 15) is 0 Å². The predicted molar refractivity (Wildman–Crippen MR) is 79.4 cm³/mol. The third-order valence-corrected chi connectivity index (χ3v) is 3.75. The van der Waals surface area contributed by atoms with Crippen molar-refractivity contribution >= 4 is 5.69 Å². The van der Waals surface area contributed by atoms with Crippen LogP contribution in [-0.2, 0) is 6.42 Å². The molecule has 2 heteroatoms. The molecule has 2 aromatic rings. The number of hydrogen-bond acceptors (Lipinski definition) is 2. The molecular weight excluding hydrogens is 234 g/mol. The molecule has 1 heterocycles. The number of hydrogen-bond donors (Lipinski definition) is 1. The van der Waals surface area contributed by atoms with Gasteiger partial charge in [-0.2, -0.15) is 0 Å². The number of nitrogen functional groups attached to an aromatic ring is 1. The van der Waals surface area contributed by atoms with Crippen molar-refractivity contribution in [1.29, 1.82) is 0 Å². The smallest absolute Gasteiger partial charge is 0.123 e. The first kappa shape index (κ1) is 12.1. The molecule has 0 bridgehead atoms. The summed E-state index contributed by atoms with van der Waals surface area (Å²) in [4.78, 5) is 0. The first-order valence-corrected chi connectivity index (χ1v) is 6.64. The molecule has 2 N–H and O–H groups in total. The van der Waals surface area contributed by atoms with Crippen LogP contribution in [0.15, 0.2) is 36.4 Å². The SMILES string of the molecule is Cc1c(N)cccc1-c1ccc2c(c1)CC(C)(C)O2. The van der Waals surface area contributed by atoms with E-state index < -0.39 is 0 Å². The van der Waals surface area contributed by atoms with Gasteiger partial charge >= 0.3 is 0 Å². The van der Waals surface area contributed by atoms with Crippen LogP contribution in [0.1, 0.15) is 25.0 Å². The van der Waals surface area contributed by atoms with E-state index in [-0.39, 0.29) is 5.60 Å². The van der Waals surface area contributed by atoms with Gasteiger partial charge < -0.3 is 10.5 Å². The van der Waals surface area contributed by atoms with E-state index in [0.717, 1.165) is 23.4 Å². The number of benzene rings is 2. The highest BCUT2D eigenvalue weighted by Gasteiger charge is 2.30. The third-order valence-electron chi connectivity index (χ3n) is 3.75. The largest absolute Gasteiger partial charge is 0.487 e. The molecule has 0 aliphatic carbocycles. The molecule has 1 aliphatic heterocycles. The highest BCUT2D eigenvalue weighted by Crippen LogP contribution is 2.38. The van der Waals surface area contributed by atoms with Crippen LogP contribution in [0.4, 0.5) is 5.69 Å². The maximum atomic E-state index is 5.99. The molecular formula is C17H19NO. The van der Waals surface area contributed by atoms with Crippen molar-refractivity contribution in [1.82, 2.24) is 0 Å². The normalized spacial score (nSPS) is 15.9. The summed E-state index contributed by atoms with van der Waals surface area (Å²) in [5.74, 6) is 1.01. The highest BCUT2D eigenvalue weighted by molar-refractivity contribution is 5.74. The van der Waals surface area contributed by atoms with Gasteiger partial charge in [0, 0.05) is 12.1 Å². The standard InChI is InChI=1S/C17H19NO/c1-11-14(5-4-6-15(11)18)12-7-8-16-13(9-12)10-17(2,3)19-16/h4-9H,10,18H2,1-3H3. The van der Waals surface area contributed by atoms with Crippen molar-refractivity contribution in [2.24, 2.45) is 0 Å². The molecule has 19 heavy (non-hydrogen) atoms. The molecule has 0 fully saturated rings. The van der Waals surface area contributed by atoms with Gasteiger partial charge in [0.25, 0.3) is 0 Å². The van der Waals surface area contributed by atoms with E-state index in [1.54, 1.807) is 0 Å². The van der Waals surface area contributed by atoms with Gasteiger partial charge in [0.05, 0.1) is 0 Å². The van der Waals surface area contributed by atoms with Gasteiger partial charge in [-0.05, 0) is 61.2 Å². The molecule has 0 spiro atoms. The molecule has 2 aromatic carbocycles. The predicted octanol–water partition coefficient (Wildman–Crippen LogP) is 3.96. The van der Waals surface area contributed by atoms with Crippen molar-refractivity contribution in [3.63, 3.8) is 0 Å².